The normalized spacial score (nSPS) is 20.9. The van der Waals surface area contributed by atoms with Crippen LogP contribution in [0.3, 0.4) is 0 Å². The van der Waals surface area contributed by atoms with Crippen molar-refractivity contribution in [3.05, 3.63) is 12.2 Å². The lowest BCUT2D eigenvalue weighted by atomic mass is 10.1. The van der Waals surface area contributed by atoms with Gasteiger partial charge in [-0.25, -0.2) is 0 Å². The van der Waals surface area contributed by atoms with Crippen LogP contribution in [-0.2, 0) is 0 Å². The summed E-state index contributed by atoms with van der Waals surface area (Å²) in [6, 6.07) is 0. The number of aliphatic hydroxyl groups is 2. The van der Waals surface area contributed by atoms with Crippen molar-refractivity contribution < 1.29 is 10.2 Å². The lowest BCUT2D eigenvalue weighted by Gasteiger charge is -2.01. The molecule has 1 rings (SSSR count). The van der Waals surface area contributed by atoms with Gasteiger partial charge in [0.05, 0.1) is 12.7 Å². The summed E-state index contributed by atoms with van der Waals surface area (Å²) < 4.78 is 0. The molecule has 1 atom stereocenters. The minimum atomic E-state index is -0.560. The van der Waals surface area contributed by atoms with Crippen LogP contribution in [-0.4, -0.2) is 22.9 Å². The molecule has 0 radical (unpaired) electrons. The van der Waals surface area contributed by atoms with Crippen LogP contribution in [0.25, 0.3) is 0 Å². The Morgan fingerprint density at radius 2 is 0.950 bits per heavy atom. The first-order chi connectivity index (χ1) is 9.77. The summed E-state index contributed by atoms with van der Waals surface area (Å²) in [6.07, 6.45) is 22.9. The van der Waals surface area contributed by atoms with E-state index in [1.807, 2.05) is 0 Å². The van der Waals surface area contributed by atoms with Crippen molar-refractivity contribution in [2.75, 3.05) is 6.61 Å². The Kier molecular flexibility index (Phi) is 16.4. The topological polar surface area (TPSA) is 40.5 Å². The van der Waals surface area contributed by atoms with Crippen LogP contribution in [0.15, 0.2) is 12.2 Å². The fraction of sp³-hybridized carbons (Fsp3) is 0.889. The molecule has 0 bridgehead atoms. The molecule has 2 heteroatoms. The van der Waals surface area contributed by atoms with Crippen LogP contribution in [0.1, 0.15) is 90.4 Å². The van der Waals surface area contributed by atoms with Crippen molar-refractivity contribution in [1.82, 2.24) is 0 Å². The third kappa shape index (κ3) is 17.7. The monoisotopic (exact) mass is 284 g/mol. The van der Waals surface area contributed by atoms with Gasteiger partial charge in [0.2, 0.25) is 0 Å². The Morgan fingerprint density at radius 1 is 0.700 bits per heavy atom. The zero-order chi connectivity index (χ0) is 14.9. The highest BCUT2D eigenvalue weighted by Gasteiger charge is 1.94. The van der Waals surface area contributed by atoms with Gasteiger partial charge in [0.15, 0.2) is 0 Å². The lowest BCUT2D eigenvalue weighted by molar-refractivity contribution is 0.110. The molecule has 0 aromatic rings. The van der Waals surface area contributed by atoms with E-state index < -0.39 is 6.10 Å². The summed E-state index contributed by atoms with van der Waals surface area (Å²) in [5.41, 5.74) is 0. The van der Waals surface area contributed by atoms with Crippen molar-refractivity contribution in [3.63, 3.8) is 0 Å². The summed E-state index contributed by atoms with van der Waals surface area (Å²) in [5, 5.41) is 16.0. The summed E-state index contributed by atoms with van der Waals surface area (Å²) in [5.74, 6) is 0. The van der Waals surface area contributed by atoms with Crippen LogP contribution in [0.5, 0.6) is 0 Å². The maximum atomic E-state index is 8.11. The Morgan fingerprint density at radius 3 is 1.20 bits per heavy atom. The highest BCUT2D eigenvalue weighted by Crippen LogP contribution is 2.13. The van der Waals surface area contributed by atoms with Gasteiger partial charge in [0, 0.05) is 0 Å². The van der Waals surface area contributed by atoms with E-state index in [9.17, 15) is 0 Å². The first-order valence-corrected chi connectivity index (χ1v) is 8.71. The molecule has 120 valence electrons. The molecule has 0 amide bonds. The number of hydrogen-bond acceptors (Lipinski definition) is 2. The molecular weight excluding hydrogens is 248 g/mol. The van der Waals surface area contributed by atoms with Crippen molar-refractivity contribution in [1.29, 1.82) is 0 Å². The molecule has 0 spiro atoms. The number of aliphatic hydroxyl groups excluding tert-OH is 2. The molecule has 1 aliphatic carbocycles. The van der Waals surface area contributed by atoms with E-state index in [1.54, 1.807) is 0 Å². The zero-order valence-corrected chi connectivity index (χ0v) is 13.5. The van der Waals surface area contributed by atoms with Crippen LogP contribution in [0.2, 0.25) is 0 Å². The Balaban J connectivity index is 0.000000621. The number of allylic oxidation sites excluding steroid dienone is 2. The van der Waals surface area contributed by atoms with Gasteiger partial charge in [-0.2, -0.15) is 0 Å². The smallest absolute Gasteiger partial charge is 0.0742 e. The van der Waals surface area contributed by atoms with Crippen molar-refractivity contribution >= 4 is 0 Å². The first kappa shape index (κ1) is 19.7. The van der Waals surface area contributed by atoms with E-state index in [0.717, 1.165) is 0 Å². The average Bonchev–Trinajstić information content (AvgIpc) is 2.46. The molecule has 0 saturated carbocycles. The molecule has 2 nitrogen and oxygen atoms in total. The van der Waals surface area contributed by atoms with Crippen molar-refractivity contribution in [3.8, 4) is 0 Å². The van der Waals surface area contributed by atoms with Crippen molar-refractivity contribution in [2.24, 2.45) is 0 Å². The predicted octanol–water partition coefficient (Wildman–Crippen LogP) is 4.99. The predicted molar refractivity (Wildman–Crippen MR) is 87.9 cm³/mol. The summed E-state index contributed by atoms with van der Waals surface area (Å²) in [4.78, 5) is 0. The Hall–Kier alpha value is -0.340. The average molecular weight is 284 g/mol. The second kappa shape index (κ2) is 16.7. The van der Waals surface area contributed by atoms with Gasteiger partial charge in [-0.1, -0.05) is 69.9 Å². The quantitative estimate of drug-likeness (QED) is 0.666. The number of hydrogen-bond donors (Lipinski definition) is 2. The first-order valence-electron chi connectivity index (χ1n) is 8.71. The standard InChI is InChI=1S/C15H28.C3H8O2/c1-2-4-6-8-10-12-14-15-13-11-9-7-5-3-1;1-3(5)2-4/h1-2H,3-15H2;3-5H,2H2,1H3. The van der Waals surface area contributed by atoms with Crippen molar-refractivity contribution in [2.45, 2.75) is 96.5 Å². The molecule has 2 N–H and O–H groups in total. The van der Waals surface area contributed by atoms with E-state index in [4.69, 9.17) is 10.2 Å². The molecule has 0 fully saturated rings. The van der Waals surface area contributed by atoms with Gasteiger partial charge in [0.1, 0.15) is 0 Å². The van der Waals surface area contributed by atoms with E-state index in [1.165, 1.54) is 90.4 Å². The molecule has 1 unspecified atom stereocenters. The zero-order valence-electron chi connectivity index (χ0n) is 13.5. The molecule has 1 aliphatic rings. The second-order valence-corrected chi connectivity index (χ2v) is 5.97. The van der Waals surface area contributed by atoms with E-state index >= 15 is 0 Å². The molecular formula is C18H36O2. The second-order valence-electron chi connectivity index (χ2n) is 5.97. The van der Waals surface area contributed by atoms with Gasteiger partial charge < -0.3 is 10.2 Å². The largest absolute Gasteiger partial charge is 0.394 e. The minimum Gasteiger partial charge on any atom is -0.394 e. The van der Waals surface area contributed by atoms with E-state index in [-0.39, 0.29) is 6.61 Å². The van der Waals surface area contributed by atoms with Crippen LogP contribution < -0.4 is 0 Å². The van der Waals surface area contributed by atoms with E-state index in [0.29, 0.717) is 0 Å². The molecule has 20 heavy (non-hydrogen) atoms. The maximum absolute atomic E-state index is 8.11. The molecule has 0 heterocycles. The van der Waals surface area contributed by atoms with Crippen LogP contribution in [0.4, 0.5) is 0 Å². The Labute approximate surface area is 126 Å². The highest BCUT2D eigenvalue weighted by atomic mass is 16.3. The van der Waals surface area contributed by atoms with Gasteiger partial charge in [0.25, 0.3) is 0 Å². The molecule has 0 aliphatic heterocycles. The maximum Gasteiger partial charge on any atom is 0.0742 e. The third-order valence-electron chi connectivity index (χ3n) is 3.67. The molecule has 0 aromatic carbocycles. The van der Waals surface area contributed by atoms with Crippen LogP contribution in [0, 0.1) is 0 Å². The highest BCUT2D eigenvalue weighted by molar-refractivity contribution is 4.81. The minimum absolute atomic E-state index is 0.139. The summed E-state index contributed by atoms with van der Waals surface area (Å²) >= 11 is 0. The van der Waals surface area contributed by atoms with Gasteiger partial charge in [-0.3, -0.25) is 0 Å². The molecule has 0 aromatic heterocycles. The number of rotatable bonds is 1. The Bertz CT molecular complexity index is 184. The van der Waals surface area contributed by atoms with Gasteiger partial charge in [-0.05, 0) is 32.6 Å². The fourth-order valence-corrected chi connectivity index (χ4v) is 2.35. The van der Waals surface area contributed by atoms with Gasteiger partial charge in [-0.15, -0.1) is 0 Å². The lowest BCUT2D eigenvalue weighted by Crippen LogP contribution is -2.03. The summed E-state index contributed by atoms with van der Waals surface area (Å²) in [7, 11) is 0. The van der Waals surface area contributed by atoms with E-state index in [2.05, 4.69) is 12.2 Å². The van der Waals surface area contributed by atoms with Gasteiger partial charge >= 0.3 is 0 Å². The summed E-state index contributed by atoms with van der Waals surface area (Å²) in [6.45, 7) is 1.39. The SMILES string of the molecule is C1=CCCCCCCCCCCCCC1.CC(O)CO. The fourth-order valence-electron chi connectivity index (χ4n) is 2.35. The molecule has 0 saturated heterocycles. The third-order valence-corrected chi connectivity index (χ3v) is 3.67. The van der Waals surface area contributed by atoms with Crippen LogP contribution >= 0.6 is 0 Å².